The molecule has 0 bridgehead atoms. The Bertz CT molecular complexity index is 1260. The minimum Gasteiger partial charge on any atom is -0.356 e. The van der Waals surface area contributed by atoms with Crippen LogP contribution >= 0.6 is 0 Å². The van der Waals surface area contributed by atoms with E-state index in [1.54, 1.807) is 22.4 Å². The Labute approximate surface area is 180 Å². The lowest BCUT2D eigenvalue weighted by Gasteiger charge is -2.11. The predicted molar refractivity (Wildman–Crippen MR) is 120 cm³/mol. The second-order valence-electron chi connectivity index (χ2n) is 7.58. The summed E-state index contributed by atoms with van der Waals surface area (Å²) in [4.78, 5) is 29.9. The number of benzene rings is 2. The van der Waals surface area contributed by atoms with Crippen LogP contribution in [0.2, 0.25) is 0 Å². The van der Waals surface area contributed by atoms with Crippen LogP contribution < -0.4 is 10.9 Å². The van der Waals surface area contributed by atoms with Crippen LogP contribution in [0.4, 0.5) is 0 Å². The number of aryl methyl sites for hydroxylation is 2. The summed E-state index contributed by atoms with van der Waals surface area (Å²) in [5, 5.41) is 7.72. The van der Waals surface area contributed by atoms with Gasteiger partial charge in [-0.3, -0.25) is 14.2 Å². The maximum absolute atomic E-state index is 13.0. The molecule has 158 valence electrons. The highest BCUT2D eigenvalue weighted by Gasteiger charge is 2.15. The average Bonchev–Trinajstić information content (AvgIpc) is 3.19. The van der Waals surface area contributed by atoms with E-state index in [4.69, 9.17) is 0 Å². The molecule has 31 heavy (non-hydrogen) atoms. The number of carbonyl (C=O) groups excluding carboxylic acids is 1. The van der Waals surface area contributed by atoms with E-state index in [1.807, 2.05) is 61.5 Å². The zero-order chi connectivity index (χ0) is 21.8. The van der Waals surface area contributed by atoms with E-state index in [2.05, 4.69) is 15.4 Å². The fourth-order valence-electron chi connectivity index (χ4n) is 3.54. The standard InChI is InChI=1S/C24H25N5O2/c1-17-8-10-20(11-9-17)29-23-21(16-26-29)24(31)28(18(2)27-23)15-13-22(30)25-14-12-19-6-4-3-5-7-19/h3-11,16H,12-15H2,1-2H3,(H,25,30). The lowest BCUT2D eigenvalue weighted by atomic mass is 10.1. The van der Waals surface area contributed by atoms with Crippen LogP contribution in [0.3, 0.4) is 0 Å². The van der Waals surface area contributed by atoms with Crippen LogP contribution in [-0.4, -0.2) is 31.8 Å². The number of fused-ring (bicyclic) bond motifs is 1. The Hall–Kier alpha value is -3.74. The maximum atomic E-state index is 13.0. The van der Waals surface area contributed by atoms with E-state index >= 15 is 0 Å². The van der Waals surface area contributed by atoms with E-state index in [0.717, 1.165) is 17.7 Å². The molecule has 4 rings (SSSR count). The molecule has 0 aliphatic rings. The number of amides is 1. The van der Waals surface area contributed by atoms with Crippen molar-refractivity contribution in [3.05, 3.63) is 88.1 Å². The monoisotopic (exact) mass is 415 g/mol. The lowest BCUT2D eigenvalue weighted by Crippen LogP contribution is -2.30. The van der Waals surface area contributed by atoms with Gasteiger partial charge in [0.25, 0.3) is 5.56 Å². The van der Waals surface area contributed by atoms with Gasteiger partial charge in [-0.1, -0.05) is 48.0 Å². The average molecular weight is 415 g/mol. The highest BCUT2D eigenvalue weighted by Crippen LogP contribution is 2.15. The molecular formula is C24H25N5O2. The fraction of sp³-hybridized carbons (Fsp3) is 0.250. The molecule has 1 N–H and O–H groups in total. The van der Waals surface area contributed by atoms with Crippen molar-refractivity contribution in [2.45, 2.75) is 33.2 Å². The first-order valence-corrected chi connectivity index (χ1v) is 10.4. The Morgan fingerprint density at radius 2 is 1.77 bits per heavy atom. The van der Waals surface area contributed by atoms with E-state index in [9.17, 15) is 9.59 Å². The van der Waals surface area contributed by atoms with Gasteiger partial charge in [-0.2, -0.15) is 5.10 Å². The second kappa shape index (κ2) is 8.95. The quantitative estimate of drug-likeness (QED) is 0.503. The van der Waals surface area contributed by atoms with Crippen LogP contribution in [0.1, 0.15) is 23.4 Å². The molecule has 0 saturated carbocycles. The van der Waals surface area contributed by atoms with Crippen molar-refractivity contribution in [1.29, 1.82) is 0 Å². The highest BCUT2D eigenvalue weighted by atomic mass is 16.1. The number of carbonyl (C=O) groups is 1. The highest BCUT2D eigenvalue weighted by molar-refractivity contribution is 5.76. The van der Waals surface area contributed by atoms with Crippen molar-refractivity contribution in [3.63, 3.8) is 0 Å². The largest absolute Gasteiger partial charge is 0.356 e. The zero-order valence-electron chi connectivity index (χ0n) is 17.7. The molecule has 7 nitrogen and oxygen atoms in total. The van der Waals surface area contributed by atoms with E-state index in [1.165, 1.54) is 5.56 Å². The molecule has 0 atom stereocenters. The van der Waals surface area contributed by atoms with Gasteiger partial charge in [0.2, 0.25) is 5.91 Å². The minimum absolute atomic E-state index is 0.0855. The Kier molecular flexibility index (Phi) is 5.93. The fourth-order valence-corrected chi connectivity index (χ4v) is 3.54. The molecule has 0 radical (unpaired) electrons. The Morgan fingerprint density at radius 1 is 1.03 bits per heavy atom. The van der Waals surface area contributed by atoms with Crippen LogP contribution in [-0.2, 0) is 17.8 Å². The molecule has 0 unspecified atom stereocenters. The number of nitrogens with zero attached hydrogens (tertiary/aromatic N) is 4. The molecule has 0 fully saturated rings. The van der Waals surface area contributed by atoms with Gasteiger partial charge in [0.05, 0.1) is 11.9 Å². The smallest absolute Gasteiger partial charge is 0.264 e. The molecule has 0 spiro atoms. The van der Waals surface area contributed by atoms with E-state index in [0.29, 0.717) is 23.4 Å². The zero-order valence-corrected chi connectivity index (χ0v) is 17.7. The summed E-state index contributed by atoms with van der Waals surface area (Å²) in [6.07, 6.45) is 2.53. The summed E-state index contributed by atoms with van der Waals surface area (Å²) in [5.41, 5.74) is 3.51. The van der Waals surface area contributed by atoms with Crippen molar-refractivity contribution in [1.82, 2.24) is 24.6 Å². The second-order valence-corrected chi connectivity index (χ2v) is 7.58. The van der Waals surface area contributed by atoms with E-state index in [-0.39, 0.29) is 24.4 Å². The number of hydrogen-bond donors (Lipinski definition) is 1. The third-order valence-electron chi connectivity index (χ3n) is 5.30. The van der Waals surface area contributed by atoms with Gasteiger partial charge in [-0.05, 0) is 38.0 Å². The molecule has 2 aromatic carbocycles. The molecule has 7 heteroatoms. The van der Waals surface area contributed by atoms with Gasteiger partial charge in [0.1, 0.15) is 11.2 Å². The number of nitrogens with one attached hydrogen (secondary N) is 1. The predicted octanol–water partition coefficient (Wildman–Crippen LogP) is 2.95. The van der Waals surface area contributed by atoms with Crippen LogP contribution in [0.25, 0.3) is 16.7 Å². The minimum atomic E-state index is -0.182. The molecule has 2 aromatic heterocycles. The summed E-state index contributed by atoms with van der Waals surface area (Å²) < 4.78 is 3.21. The SMILES string of the molecule is Cc1ccc(-n2ncc3c(=O)n(CCC(=O)NCCc4ccccc4)c(C)nc32)cc1. The Balaban J connectivity index is 1.45. The maximum Gasteiger partial charge on any atom is 0.264 e. The first-order valence-electron chi connectivity index (χ1n) is 10.4. The summed E-state index contributed by atoms with van der Waals surface area (Å²) in [5.74, 6) is 0.473. The first kappa shape index (κ1) is 20.5. The summed E-state index contributed by atoms with van der Waals surface area (Å²) in [6, 6.07) is 17.9. The normalized spacial score (nSPS) is 11.0. The van der Waals surface area contributed by atoms with Crippen LogP contribution in [0.15, 0.2) is 65.6 Å². The Morgan fingerprint density at radius 3 is 2.52 bits per heavy atom. The third kappa shape index (κ3) is 4.55. The topological polar surface area (TPSA) is 81.8 Å². The number of aromatic nitrogens is 4. The number of hydrogen-bond acceptors (Lipinski definition) is 4. The molecule has 2 heterocycles. The van der Waals surface area contributed by atoms with Gasteiger partial charge in [-0.25, -0.2) is 9.67 Å². The van der Waals surface area contributed by atoms with Crippen LogP contribution in [0.5, 0.6) is 0 Å². The summed E-state index contributed by atoms with van der Waals surface area (Å²) >= 11 is 0. The molecule has 0 aliphatic carbocycles. The molecule has 0 saturated heterocycles. The lowest BCUT2D eigenvalue weighted by molar-refractivity contribution is -0.121. The summed E-state index contributed by atoms with van der Waals surface area (Å²) in [7, 11) is 0. The van der Waals surface area contributed by atoms with Crippen molar-refractivity contribution >= 4 is 16.9 Å². The van der Waals surface area contributed by atoms with Crippen molar-refractivity contribution in [3.8, 4) is 5.69 Å². The first-order chi connectivity index (χ1) is 15.0. The van der Waals surface area contributed by atoms with Crippen molar-refractivity contribution in [2.24, 2.45) is 0 Å². The van der Waals surface area contributed by atoms with Crippen LogP contribution in [0, 0.1) is 13.8 Å². The summed E-state index contributed by atoms with van der Waals surface area (Å²) in [6.45, 7) is 4.64. The number of rotatable bonds is 7. The van der Waals surface area contributed by atoms with Gasteiger partial charge in [0.15, 0.2) is 5.65 Å². The third-order valence-corrected chi connectivity index (χ3v) is 5.30. The molecule has 0 aliphatic heterocycles. The van der Waals surface area contributed by atoms with Crippen molar-refractivity contribution in [2.75, 3.05) is 6.54 Å². The van der Waals surface area contributed by atoms with E-state index < -0.39 is 0 Å². The molecule has 4 aromatic rings. The van der Waals surface area contributed by atoms with Crippen molar-refractivity contribution < 1.29 is 4.79 Å². The van der Waals surface area contributed by atoms with Gasteiger partial charge < -0.3 is 5.32 Å². The van der Waals surface area contributed by atoms with Gasteiger partial charge in [0, 0.05) is 19.5 Å². The molecule has 1 amide bonds. The molecular weight excluding hydrogens is 390 g/mol. The van der Waals surface area contributed by atoms with Gasteiger partial charge >= 0.3 is 0 Å². The van der Waals surface area contributed by atoms with Gasteiger partial charge in [-0.15, -0.1) is 0 Å².